The Morgan fingerprint density at radius 1 is 1.24 bits per heavy atom. The summed E-state index contributed by atoms with van der Waals surface area (Å²) in [5, 5.41) is 12.1. The molecule has 17 heavy (non-hydrogen) atoms. The molecule has 0 bridgehead atoms. The molecule has 0 radical (unpaired) electrons. The van der Waals surface area contributed by atoms with Crippen molar-refractivity contribution in [3.05, 3.63) is 48.0 Å². The zero-order valence-electron chi connectivity index (χ0n) is 9.21. The summed E-state index contributed by atoms with van der Waals surface area (Å²) in [5.74, 6) is -0.606. The molecule has 0 aliphatic rings. The number of nitrogens with one attached hydrogen (secondary N) is 1. The van der Waals surface area contributed by atoms with E-state index in [4.69, 9.17) is 0 Å². The number of hydrogen-bond donors (Lipinski definition) is 2. The van der Waals surface area contributed by atoms with Crippen LogP contribution in [0.15, 0.2) is 36.7 Å². The molecule has 2 aromatic rings. The van der Waals surface area contributed by atoms with Crippen LogP contribution in [-0.2, 0) is 0 Å². The van der Waals surface area contributed by atoms with Crippen molar-refractivity contribution in [2.75, 3.05) is 5.32 Å². The maximum Gasteiger partial charge on any atom is 0.278 e. The lowest BCUT2D eigenvalue weighted by Crippen LogP contribution is -2.14. The third kappa shape index (κ3) is 2.39. The van der Waals surface area contributed by atoms with Gasteiger partial charge in [-0.25, -0.2) is 4.98 Å². The van der Waals surface area contributed by atoms with E-state index in [-0.39, 0.29) is 11.4 Å². The molecule has 2 heterocycles. The largest absolute Gasteiger partial charge is 0.505 e. The molecule has 0 fully saturated rings. The Kier molecular flexibility index (Phi) is 3.00. The molecular weight excluding hydrogens is 218 g/mol. The topological polar surface area (TPSA) is 75.1 Å². The zero-order chi connectivity index (χ0) is 12.3. The van der Waals surface area contributed by atoms with Crippen LogP contribution >= 0.6 is 0 Å². The molecule has 1 amide bonds. The Labute approximate surface area is 98.2 Å². The third-order valence-electron chi connectivity index (χ3n) is 2.26. The molecular formula is C12H11N3O2. The van der Waals surface area contributed by atoms with Gasteiger partial charge in [-0.1, -0.05) is 0 Å². The van der Waals surface area contributed by atoms with E-state index < -0.39 is 5.91 Å². The molecule has 5 nitrogen and oxygen atoms in total. The quantitative estimate of drug-likeness (QED) is 0.822. The predicted molar refractivity (Wildman–Crippen MR) is 62.8 cm³/mol. The van der Waals surface area contributed by atoms with Crippen LogP contribution in [0.5, 0.6) is 5.75 Å². The summed E-state index contributed by atoms with van der Waals surface area (Å²) in [4.78, 5) is 19.7. The summed E-state index contributed by atoms with van der Waals surface area (Å²) in [6.07, 6.45) is 3.09. The predicted octanol–water partition coefficient (Wildman–Crippen LogP) is 1.74. The standard InChI is InChI=1S/C12H11N3O2/c1-8-9(4-2-6-13-8)15-12(17)11-10(16)5-3-7-14-11/h2-7,16H,1H3,(H,15,17). The van der Waals surface area contributed by atoms with Crippen LogP contribution in [0.1, 0.15) is 16.2 Å². The lowest BCUT2D eigenvalue weighted by atomic mass is 10.2. The number of hydrogen-bond acceptors (Lipinski definition) is 4. The molecule has 0 saturated heterocycles. The van der Waals surface area contributed by atoms with E-state index in [9.17, 15) is 9.90 Å². The molecule has 0 spiro atoms. The summed E-state index contributed by atoms with van der Waals surface area (Å²) >= 11 is 0. The van der Waals surface area contributed by atoms with Crippen molar-refractivity contribution in [1.82, 2.24) is 9.97 Å². The molecule has 0 unspecified atom stereocenters. The van der Waals surface area contributed by atoms with Gasteiger partial charge in [0.05, 0.1) is 11.4 Å². The SMILES string of the molecule is Cc1ncccc1NC(=O)c1ncccc1O. The molecule has 0 atom stereocenters. The van der Waals surface area contributed by atoms with Crippen molar-refractivity contribution >= 4 is 11.6 Å². The van der Waals surface area contributed by atoms with E-state index >= 15 is 0 Å². The van der Waals surface area contributed by atoms with Crippen LogP contribution in [0, 0.1) is 6.92 Å². The number of nitrogens with zero attached hydrogens (tertiary/aromatic N) is 2. The molecule has 0 aliphatic heterocycles. The van der Waals surface area contributed by atoms with Crippen LogP contribution < -0.4 is 5.32 Å². The van der Waals surface area contributed by atoms with E-state index in [0.717, 1.165) is 0 Å². The number of pyridine rings is 2. The number of aromatic nitrogens is 2. The number of aryl methyl sites for hydroxylation is 1. The molecule has 0 aliphatic carbocycles. The van der Waals surface area contributed by atoms with E-state index in [0.29, 0.717) is 11.4 Å². The average molecular weight is 229 g/mol. The van der Waals surface area contributed by atoms with Gasteiger partial charge in [-0.2, -0.15) is 0 Å². The second-order valence-electron chi connectivity index (χ2n) is 3.46. The fourth-order valence-electron chi connectivity index (χ4n) is 1.37. The first-order valence-electron chi connectivity index (χ1n) is 5.05. The number of aromatic hydroxyl groups is 1. The summed E-state index contributed by atoms with van der Waals surface area (Å²) in [5.41, 5.74) is 1.30. The van der Waals surface area contributed by atoms with Crippen molar-refractivity contribution in [3.63, 3.8) is 0 Å². The van der Waals surface area contributed by atoms with Gasteiger partial charge in [0.1, 0.15) is 5.75 Å². The van der Waals surface area contributed by atoms with E-state index in [1.807, 2.05) is 0 Å². The Morgan fingerprint density at radius 3 is 2.65 bits per heavy atom. The summed E-state index contributed by atoms with van der Waals surface area (Å²) < 4.78 is 0. The first-order valence-corrected chi connectivity index (χ1v) is 5.05. The van der Waals surface area contributed by atoms with Gasteiger partial charge in [-0.15, -0.1) is 0 Å². The van der Waals surface area contributed by atoms with E-state index in [2.05, 4.69) is 15.3 Å². The van der Waals surface area contributed by atoms with Crippen molar-refractivity contribution in [2.24, 2.45) is 0 Å². The van der Waals surface area contributed by atoms with Crippen LogP contribution in [0.3, 0.4) is 0 Å². The number of carbonyl (C=O) groups is 1. The highest BCUT2D eigenvalue weighted by molar-refractivity contribution is 6.04. The number of amides is 1. The lowest BCUT2D eigenvalue weighted by Gasteiger charge is -2.07. The highest BCUT2D eigenvalue weighted by Gasteiger charge is 2.13. The maximum absolute atomic E-state index is 11.8. The van der Waals surface area contributed by atoms with E-state index in [1.165, 1.54) is 12.3 Å². The molecule has 0 aromatic carbocycles. The normalized spacial score (nSPS) is 9.94. The van der Waals surface area contributed by atoms with Gasteiger partial charge in [0, 0.05) is 12.4 Å². The van der Waals surface area contributed by atoms with Gasteiger partial charge in [-0.3, -0.25) is 9.78 Å². The Morgan fingerprint density at radius 2 is 1.94 bits per heavy atom. The smallest absolute Gasteiger partial charge is 0.278 e. The van der Waals surface area contributed by atoms with Crippen molar-refractivity contribution in [1.29, 1.82) is 0 Å². The minimum absolute atomic E-state index is 0.00393. The summed E-state index contributed by atoms with van der Waals surface area (Å²) in [6, 6.07) is 6.43. The molecule has 2 aromatic heterocycles. The Bertz CT molecular complexity index is 555. The van der Waals surface area contributed by atoms with Gasteiger partial charge in [0.25, 0.3) is 5.91 Å². The second kappa shape index (κ2) is 4.61. The Hall–Kier alpha value is -2.43. The Balaban J connectivity index is 2.24. The maximum atomic E-state index is 11.8. The fraction of sp³-hybridized carbons (Fsp3) is 0.0833. The van der Waals surface area contributed by atoms with Crippen LogP contribution in [0.25, 0.3) is 0 Å². The first-order chi connectivity index (χ1) is 8.18. The highest BCUT2D eigenvalue weighted by atomic mass is 16.3. The van der Waals surface area contributed by atoms with Gasteiger partial charge in [0.2, 0.25) is 0 Å². The molecule has 0 saturated carbocycles. The number of carbonyl (C=O) groups excluding carboxylic acids is 1. The van der Waals surface area contributed by atoms with Gasteiger partial charge in [0.15, 0.2) is 5.69 Å². The van der Waals surface area contributed by atoms with Crippen molar-refractivity contribution in [3.8, 4) is 5.75 Å². The fourth-order valence-corrected chi connectivity index (χ4v) is 1.37. The average Bonchev–Trinajstić information content (AvgIpc) is 2.32. The minimum atomic E-state index is -0.459. The monoisotopic (exact) mass is 229 g/mol. The second-order valence-corrected chi connectivity index (χ2v) is 3.46. The van der Waals surface area contributed by atoms with Crippen molar-refractivity contribution in [2.45, 2.75) is 6.92 Å². The lowest BCUT2D eigenvalue weighted by molar-refractivity contribution is 0.101. The first kappa shape index (κ1) is 11.1. The zero-order valence-corrected chi connectivity index (χ0v) is 9.21. The minimum Gasteiger partial charge on any atom is -0.505 e. The van der Waals surface area contributed by atoms with Gasteiger partial charge in [-0.05, 0) is 31.2 Å². The summed E-state index contributed by atoms with van der Waals surface area (Å²) in [6.45, 7) is 1.79. The van der Waals surface area contributed by atoms with Crippen molar-refractivity contribution < 1.29 is 9.90 Å². The highest BCUT2D eigenvalue weighted by Crippen LogP contribution is 2.16. The molecule has 2 rings (SSSR count). The summed E-state index contributed by atoms with van der Waals surface area (Å²) in [7, 11) is 0. The number of anilines is 1. The molecule has 2 N–H and O–H groups in total. The molecule has 5 heteroatoms. The number of rotatable bonds is 2. The van der Waals surface area contributed by atoms with Gasteiger partial charge >= 0.3 is 0 Å². The van der Waals surface area contributed by atoms with Gasteiger partial charge < -0.3 is 10.4 Å². The van der Waals surface area contributed by atoms with E-state index in [1.54, 1.807) is 31.3 Å². The van der Waals surface area contributed by atoms with Crippen LogP contribution in [0.4, 0.5) is 5.69 Å². The molecule has 86 valence electrons. The van der Waals surface area contributed by atoms with Crippen LogP contribution in [0.2, 0.25) is 0 Å². The van der Waals surface area contributed by atoms with Crippen LogP contribution in [-0.4, -0.2) is 21.0 Å². The third-order valence-corrected chi connectivity index (χ3v) is 2.26.